The van der Waals surface area contributed by atoms with Crippen molar-refractivity contribution < 1.29 is 4.42 Å². The fourth-order valence-corrected chi connectivity index (χ4v) is 2.89. The topological polar surface area (TPSA) is 76.2 Å². The fourth-order valence-electron chi connectivity index (χ4n) is 2.08. The molecule has 0 saturated carbocycles. The van der Waals surface area contributed by atoms with Crippen molar-refractivity contribution >= 4 is 33.5 Å². The lowest BCUT2D eigenvalue weighted by atomic mass is 10.2. The fraction of sp³-hybridized carbons (Fsp3) is 0. The number of fused-ring (bicyclic) bond motifs is 1. The van der Waals surface area contributed by atoms with Gasteiger partial charge in [-0.1, -0.05) is 0 Å². The molecule has 0 aliphatic rings. The van der Waals surface area contributed by atoms with E-state index in [1.807, 2.05) is 30.3 Å². The van der Waals surface area contributed by atoms with E-state index in [9.17, 15) is 0 Å². The number of anilines is 1. The number of thiazole rings is 1. The van der Waals surface area contributed by atoms with Crippen molar-refractivity contribution in [1.82, 2.24) is 15.0 Å². The number of rotatable bonds is 4. The monoisotopic (exact) mass is 321 g/mol. The van der Waals surface area contributed by atoms with Crippen LogP contribution in [-0.4, -0.2) is 21.2 Å². The molecule has 112 valence electrons. The maximum absolute atomic E-state index is 5.25. The third-order valence-electron chi connectivity index (χ3n) is 3.18. The molecule has 0 spiro atoms. The number of nitrogens with one attached hydrogen (secondary N) is 1. The molecule has 3 aromatic heterocycles. The van der Waals surface area contributed by atoms with Crippen LogP contribution in [-0.2, 0) is 0 Å². The predicted molar refractivity (Wildman–Crippen MR) is 90.6 cm³/mol. The lowest BCUT2D eigenvalue weighted by molar-refractivity contribution is 0.572. The molecule has 4 rings (SSSR count). The molecule has 6 nitrogen and oxygen atoms in total. The maximum atomic E-state index is 5.25. The SMILES string of the molecule is C(=N\Nc1ccc(-c2cnco2)cc1)/c1nc2ccncc2s1. The van der Waals surface area contributed by atoms with Gasteiger partial charge in [-0.2, -0.15) is 5.10 Å². The summed E-state index contributed by atoms with van der Waals surface area (Å²) in [6, 6.07) is 9.64. The van der Waals surface area contributed by atoms with E-state index in [0.29, 0.717) is 0 Å². The van der Waals surface area contributed by atoms with Crippen LogP contribution in [0, 0.1) is 0 Å². The molecule has 0 amide bonds. The predicted octanol–water partition coefficient (Wildman–Crippen LogP) is 3.79. The van der Waals surface area contributed by atoms with Gasteiger partial charge in [0.2, 0.25) is 0 Å². The second-order valence-electron chi connectivity index (χ2n) is 4.71. The molecule has 0 atom stereocenters. The van der Waals surface area contributed by atoms with Crippen molar-refractivity contribution in [2.24, 2.45) is 5.10 Å². The van der Waals surface area contributed by atoms with Gasteiger partial charge < -0.3 is 4.42 Å². The average molecular weight is 321 g/mol. The summed E-state index contributed by atoms with van der Waals surface area (Å²) in [6.45, 7) is 0. The molecule has 1 N–H and O–H groups in total. The minimum atomic E-state index is 0.739. The number of pyridine rings is 1. The first-order chi connectivity index (χ1) is 11.4. The molecule has 0 bridgehead atoms. The number of benzene rings is 1. The van der Waals surface area contributed by atoms with E-state index in [1.165, 1.54) is 6.39 Å². The van der Waals surface area contributed by atoms with Crippen molar-refractivity contribution in [3.05, 3.63) is 60.3 Å². The highest BCUT2D eigenvalue weighted by Crippen LogP contribution is 2.21. The van der Waals surface area contributed by atoms with E-state index in [2.05, 4.69) is 25.5 Å². The zero-order chi connectivity index (χ0) is 15.5. The van der Waals surface area contributed by atoms with Gasteiger partial charge in [0.1, 0.15) is 5.01 Å². The molecular weight excluding hydrogens is 310 g/mol. The van der Waals surface area contributed by atoms with Crippen LogP contribution in [0.1, 0.15) is 5.01 Å². The largest absolute Gasteiger partial charge is 0.444 e. The Morgan fingerprint density at radius 1 is 1.09 bits per heavy atom. The van der Waals surface area contributed by atoms with Gasteiger partial charge >= 0.3 is 0 Å². The number of oxazole rings is 1. The average Bonchev–Trinajstić information content (AvgIpc) is 3.25. The zero-order valence-corrected chi connectivity index (χ0v) is 12.7. The molecule has 0 aliphatic heterocycles. The number of hydrogen-bond acceptors (Lipinski definition) is 7. The van der Waals surface area contributed by atoms with Crippen molar-refractivity contribution in [3.8, 4) is 11.3 Å². The summed E-state index contributed by atoms with van der Waals surface area (Å²) in [6.07, 6.45) is 8.34. The first-order valence-electron chi connectivity index (χ1n) is 6.87. The molecule has 0 fully saturated rings. The highest BCUT2D eigenvalue weighted by molar-refractivity contribution is 7.20. The van der Waals surface area contributed by atoms with E-state index >= 15 is 0 Å². The van der Waals surface area contributed by atoms with Gasteiger partial charge in [0.05, 0.1) is 28.3 Å². The van der Waals surface area contributed by atoms with Crippen LogP contribution in [0.15, 0.2) is 64.8 Å². The van der Waals surface area contributed by atoms with Crippen molar-refractivity contribution in [2.45, 2.75) is 0 Å². The van der Waals surface area contributed by atoms with Crippen molar-refractivity contribution in [1.29, 1.82) is 0 Å². The van der Waals surface area contributed by atoms with E-state index in [1.54, 1.807) is 36.1 Å². The first-order valence-corrected chi connectivity index (χ1v) is 7.69. The summed E-state index contributed by atoms with van der Waals surface area (Å²) < 4.78 is 6.30. The van der Waals surface area contributed by atoms with Crippen LogP contribution in [0.25, 0.3) is 21.5 Å². The summed E-state index contributed by atoms with van der Waals surface area (Å²) in [4.78, 5) is 12.4. The van der Waals surface area contributed by atoms with E-state index in [0.717, 1.165) is 32.2 Å². The molecular formula is C16H11N5OS. The van der Waals surface area contributed by atoms with E-state index < -0.39 is 0 Å². The van der Waals surface area contributed by atoms with E-state index in [-0.39, 0.29) is 0 Å². The Bertz CT molecular complexity index is 911. The number of hydrazone groups is 1. The van der Waals surface area contributed by atoms with Crippen LogP contribution in [0.4, 0.5) is 5.69 Å². The quantitative estimate of drug-likeness (QED) is 0.457. The second-order valence-corrected chi connectivity index (χ2v) is 5.77. The van der Waals surface area contributed by atoms with Crippen LogP contribution in [0.3, 0.4) is 0 Å². The van der Waals surface area contributed by atoms with Gasteiger partial charge in [0, 0.05) is 18.0 Å². The highest BCUT2D eigenvalue weighted by atomic mass is 32.1. The first kappa shape index (κ1) is 13.6. The Hall–Kier alpha value is -3.06. The Morgan fingerprint density at radius 3 is 2.78 bits per heavy atom. The smallest absolute Gasteiger partial charge is 0.181 e. The van der Waals surface area contributed by atoms with Gasteiger partial charge in [-0.3, -0.25) is 10.4 Å². The second kappa shape index (κ2) is 5.98. The van der Waals surface area contributed by atoms with Gasteiger partial charge in [-0.15, -0.1) is 11.3 Å². The molecule has 4 aromatic rings. The van der Waals surface area contributed by atoms with Gasteiger partial charge in [0.25, 0.3) is 0 Å². The number of aromatic nitrogens is 3. The molecule has 0 radical (unpaired) electrons. The van der Waals surface area contributed by atoms with Gasteiger partial charge in [-0.25, -0.2) is 9.97 Å². The van der Waals surface area contributed by atoms with Crippen LogP contribution >= 0.6 is 11.3 Å². The van der Waals surface area contributed by atoms with Crippen LogP contribution in [0.2, 0.25) is 0 Å². The molecule has 23 heavy (non-hydrogen) atoms. The molecule has 0 unspecified atom stereocenters. The standard InChI is InChI=1S/C16H11N5OS/c1-3-12(4-2-11(1)14-7-18-10-22-14)21-19-9-16-20-13-5-6-17-8-15(13)23-16/h1-10,21H/b19-9+. The summed E-state index contributed by atoms with van der Waals surface area (Å²) in [5, 5.41) is 5.05. The third-order valence-corrected chi connectivity index (χ3v) is 4.12. The van der Waals surface area contributed by atoms with Crippen LogP contribution < -0.4 is 5.43 Å². The maximum Gasteiger partial charge on any atom is 0.181 e. The van der Waals surface area contributed by atoms with Gasteiger partial charge in [0.15, 0.2) is 12.2 Å². The Morgan fingerprint density at radius 2 is 2.00 bits per heavy atom. The zero-order valence-electron chi connectivity index (χ0n) is 11.9. The van der Waals surface area contributed by atoms with E-state index in [4.69, 9.17) is 4.42 Å². The molecule has 0 saturated heterocycles. The lowest BCUT2D eigenvalue weighted by Crippen LogP contribution is -1.90. The Balaban J connectivity index is 1.46. The number of hydrogen-bond donors (Lipinski definition) is 1. The van der Waals surface area contributed by atoms with Crippen LogP contribution in [0.5, 0.6) is 0 Å². The minimum absolute atomic E-state index is 0.739. The summed E-state index contributed by atoms with van der Waals surface area (Å²) >= 11 is 1.55. The summed E-state index contributed by atoms with van der Waals surface area (Å²) in [5.74, 6) is 0.739. The van der Waals surface area contributed by atoms with Gasteiger partial charge in [-0.05, 0) is 30.3 Å². The summed E-state index contributed by atoms with van der Waals surface area (Å²) in [5.41, 5.74) is 5.77. The molecule has 0 aliphatic carbocycles. The number of nitrogens with zero attached hydrogens (tertiary/aromatic N) is 4. The minimum Gasteiger partial charge on any atom is -0.444 e. The molecule has 3 heterocycles. The lowest BCUT2D eigenvalue weighted by Gasteiger charge is -2.00. The Kier molecular flexibility index (Phi) is 3.53. The normalized spacial score (nSPS) is 11.3. The Labute approximate surface area is 135 Å². The molecule has 1 aromatic carbocycles. The summed E-state index contributed by atoms with van der Waals surface area (Å²) in [7, 11) is 0. The molecule has 7 heteroatoms. The highest BCUT2D eigenvalue weighted by Gasteiger charge is 2.02. The third kappa shape index (κ3) is 2.95. The van der Waals surface area contributed by atoms with Crippen molar-refractivity contribution in [3.63, 3.8) is 0 Å². The van der Waals surface area contributed by atoms with Crippen molar-refractivity contribution in [2.75, 3.05) is 5.43 Å².